The Hall–Kier alpha value is -3.39. The Kier molecular flexibility index (Phi) is 7.01. The van der Waals surface area contributed by atoms with E-state index in [2.05, 4.69) is 10.3 Å². The molecule has 2 heterocycles. The zero-order chi connectivity index (χ0) is 22.3. The Morgan fingerprint density at radius 1 is 1.12 bits per heavy atom. The molecule has 32 heavy (non-hydrogen) atoms. The van der Waals surface area contributed by atoms with Crippen LogP contribution < -0.4 is 10.1 Å². The van der Waals surface area contributed by atoms with Crippen molar-refractivity contribution in [2.24, 2.45) is 0 Å². The van der Waals surface area contributed by atoms with Gasteiger partial charge >= 0.3 is 6.09 Å². The first-order valence-corrected chi connectivity index (χ1v) is 11.3. The van der Waals surface area contributed by atoms with E-state index in [4.69, 9.17) is 9.47 Å². The van der Waals surface area contributed by atoms with Gasteiger partial charge in [0, 0.05) is 24.0 Å². The molecule has 0 unspecified atom stereocenters. The second-order valence-corrected chi connectivity index (χ2v) is 8.65. The predicted molar refractivity (Wildman–Crippen MR) is 123 cm³/mol. The summed E-state index contributed by atoms with van der Waals surface area (Å²) in [4.78, 5) is 32.2. The van der Waals surface area contributed by atoms with E-state index in [0.29, 0.717) is 18.1 Å². The summed E-state index contributed by atoms with van der Waals surface area (Å²) in [6, 6.07) is 16.8. The summed E-state index contributed by atoms with van der Waals surface area (Å²) >= 11 is 1.43. The monoisotopic (exact) mass is 451 g/mol. The van der Waals surface area contributed by atoms with Gasteiger partial charge in [-0.15, -0.1) is 11.3 Å². The van der Waals surface area contributed by atoms with Crippen molar-refractivity contribution >= 4 is 28.5 Å². The van der Waals surface area contributed by atoms with E-state index in [1.807, 2.05) is 54.6 Å². The number of thiazole rings is 1. The largest absolute Gasteiger partial charge is 0.497 e. The van der Waals surface area contributed by atoms with Crippen molar-refractivity contribution in [3.63, 3.8) is 0 Å². The number of likely N-dealkylation sites (tertiary alicyclic amines) is 1. The van der Waals surface area contributed by atoms with Crippen molar-refractivity contribution in [2.75, 3.05) is 19.0 Å². The van der Waals surface area contributed by atoms with Crippen molar-refractivity contribution in [3.8, 4) is 5.75 Å². The molecule has 4 rings (SSSR count). The van der Waals surface area contributed by atoms with Gasteiger partial charge in [0.2, 0.25) is 5.91 Å². The highest BCUT2D eigenvalue weighted by molar-refractivity contribution is 7.15. The first-order valence-electron chi connectivity index (χ1n) is 10.5. The molecule has 1 N–H and O–H groups in total. The highest BCUT2D eigenvalue weighted by Gasteiger charge is 2.35. The molecule has 2 amide bonds. The second-order valence-electron chi connectivity index (χ2n) is 7.54. The van der Waals surface area contributed by atoms with Crippen molar-refractivity contribution in [3.05, 3.63) is 76.8 Å². The number of rotatable bonds is 7. The van der Waals surface area contributed by atoms with Gasteiger partial charge in [-0.3, -0.25) is 9.69 Å². The summed E-state index contributed by atoms with van der Waals surface area (Å²) in [5, 5.41) is 3.40. The number of amides is 2. The zero-order valence-corrected chi connectivity index (χ0v) is 18.6. The van der Waals surface area contributed by atoms with Crippen LogP contribution in [-0.2, 0) is 22.6 Å². The Morgan fingerprint density at radius 2 is 1.91 bits per heavy atom. The fourth-order valence-electron chi connectivity index (χ4n) is 3.64. The van der Waals surface area contributed by atoms with Gasteiger partial charge in [0.05, 0.1) is 7.11 Å². The predicted octanol–water partition coefficient (Wildman–Crippen LogP) is 4.48. The summed E-state index contributed by atoms with van der Waals surface area (Å²) in [6.45, 7) is 0.692. The molecule has 2 aromatic carbocycles. The lowest BCUT2D eigenvalue weighted by Crippen LogP contribution is -2.43. The van der Waals surface area contributed by atoms with E-state index in [-0.39, 0.29) is 12.5 Å². The van der Waals surface area contributed by atoms with E-state index in [9.17, 15) is 9.59 Å². The highest BCUT2D eigenvalue weighted by Crippen LogP contribution is 2.25. The van der Waals surface area contributed by atoms with Crippen LogP contribution in [0.25, 0.3) is 0 Å². The number of aromatic nitrogens is 1. The van der Waals surface area contributed by atoms with Gasteiger partial charge in [-0.2, -0.15) is 0 Å². The number of benzene rings is 2. The van der Waals surface area contributed by atoms with Crippen LogP contribution in [0.1, 0.15) is 28.8 Å². The number of nitrogens with one attached hydrogen (secondary N) is 1. The molecular formula is C24H25N3O4S. The number of hydrogen-bond donors (Lipinski definition) is 1. The first kappa shape index (κ1) is 21.8. The number of carbonyl (C=O) groups is 2. The number of carbonyl (C=O) groups excluding carboxylic acids is 2. The van der Waals surface area contributed by atoms with Crippen LogP contribution in [0.4, 0.5) is 9.93 Å². The van der Waals surface area contributed by atoms with Crippen LogP contribution in [0.3, 0.4) is 0 Å². The average Bonchev–Trinajstić information content (AvgIpc) is 3.48. The molecule has 0 aliphatic carbocycles. The summed E-state index contributed by atoms with van der Waals surface area (Å²) in [5.41, 5.74) is 2.05. The minimum atomic E-state index is -0.549. The lowest BCUT2D eigenvalue weighted by Gasteiger charge is -2.22. The van der Waals surface area contributed by atoms with Crippen LogP contribution in [0, 0.1) is 0 Å². The summed E-state index contributed by atoms with van der Waals surface area (Å²) < 4.78 is 10.6. The maximum atomic E-state index is 12.8. The molecule has 0 saturated carbocycles. The van der Waals surface area contributed by atoms with Crippen molar-refractivity contribution < 1.29 is 19.1 Å². The molecule has 1 aliphatic heterocycles. The standard InChI is InChI=1S/C24H25N3O4S/c1-30-19-11-9-17(10-12-19)14-20-15-25-23(32-20)26-22(28)21-8-5-13-27(21)24(29)31-16-18-6-3-2-4-7-18/h2-4,6-7,9-12,15,21H,5,8,13-14,16H2,1H3,(H,25,26,28)/t21-/m0/s1. The molecule has 1 aromatic heterocycles. The van der Waals surface area contributed by atoms with Crippen LogP contribution in [0.2, 0.25) is 0 Å². The summed E-state index contributed by atoms with van der Waals surface area (Å²) in [6.07, 6.45) is 3.39. The Balaban J connectivity index is 1.32. The lowest BCUT2D eigenvalue weighted by molar-refractivity contribution is -0.120. The number of ether oxygens (including phenoxy) is 2. The smallest absolute Gasteiger partial charge is 0.410 e. The second kappa shape index (κ2) is 10.3. The SMILES string of the molecule is COc1ccc(Cc2cnc(NC(=O)[C@@H]3CCCN3C(=O)OCc3ccccc3)s2)cc1. The first-order chi connectivity index (χ1) is 15.6. The molecule has 1 aliphatic rings. The van der Waals surface area contributed by atoms with E-state index in [1.54, 1.807) is 13.3 Å². The fraction of sp³-hybridized carbons (Fsp3) is 0.292. The highest BCUT2D eigenvalue weighted by atomic mass is 32.1. The minimum absolute atomic E-state index is 0.186. The number of nitrogens with zero attached hydrogens (tertiary/aromatic N) is 2. The van der Waals surface area contributed by atoms with Crippen LogP contribution in [0.5, 0.6) is 5.75 Å². The molecule has 0 radical (unpaired) electrons. The normalized spacial score (nSPS) is 15.4. The number of anilines is 1. The van der Waals surface area contributed by atoms with Crippen LogP contribution >= 0.6 is 11.3 Å². The van der Waals surface area contributed by atoms with Crippen molar-refractivity contribution in [2.45, 2.75) is 31.9 Å². The maximum Gasteiger partial charge on any atom is 0.410 e. The zero-order valence-electron chi connectivity index (χ0n) is 17.8. The molecule has 166 valence electrons. The molecule has 0 bridgehead atoms. The Labute approximate surface area is 191 Å². The number of methoxy groups -OCH3 is 1. The molecule has 7 nitrogen and oxygen atoms in total. The van der Waals surface area contributed by atoms with Crippen molar-refractivity contribution in [1.29, 1.82) is 0 Å². The van der Waals surface area contributed by atoms with E-state index in [1.165, 1.54) is 16.2 Å². The molecule has 3 aromatic rings. The molecular weight excluding hydrogens is 426 g/mol. The molecule has 1 saturated heterocycles. The van der Waals surface area contributed by atoms with Gasteiger partial charge in [0.25, 0.3) is 0 Å². The van der Waals surface area contributed by atoms with Gasteiger partial charge in [0.1, 0.15) is 18.4 Å². The molecule has 1 fully saturated rings. The summed E-state index contributed by atoms with van der Waals surface area (Å²) in [5.74, 6) is 0.582. The van der Waals surface area contributed by atoms with Gasteiger partial charge in [-0.1, -0.05) is 42.5 Å². The summed E-state index contributed by atoms with van der Waals surface area (Å²) in [7, 11) is 1.64. The maximum absolute atomic E-state index is 12.8. The third kappa shape index (κ3) is 5.45. The Morgan fingerprint density at radius 3 is 2.66 bits per heavy atom. The third-order valence-electron chi connectivity index (χ3n) is 5.32. The number of hydrogen-bond acceptors (Lipinski definition) is 6. The minimum Gasteiger partial charge on any atom is -0.497 e. The van der Waals surface area contributed by atoms with E-state index in [0.717, 1.165) is 34.6 Å². The van der Waals surface area contributed by atoms with Gasteiger partial charge in [0.15, 0.2) is 5.13 Å². The topological polar surface area (TPSA) is 80.8 Å². The Bertz CT molecular complexity index is 1050. The fourth-order valence-corrected chi connectivity index (χ4v) is 4.49. The molecule has 8 heteroatoms. The van der Waals surface area contributed by atoms with E-state index >= 15 is 0 Å². The average molecular weight is 452 g/mol. The quantitative estimate of drug-likeness (QED) is 0.573. The lowest BCUT2D eigenvalue weighted by atomic mass is 10.1. The molecule has 1 atom stereocenters. The van der Waals surface area contributed by atoms with Gasteiger partial charge in [-0.05, 0) is 36.1 Å². The third-order valence-corrected chi connectivity index (χ3v) is 6.23. The molecule has 0 spiro atoms. The van der Waals surface area contributed by atoms with Gasteiger partial charge < -0.3 is 14.8 Å². The van der Waals surface area contributed by atoms with E-state index < -0.39 is 12.1 Å². The van der Waals surface area contributed by atoms with Crippen LogP contribution in [-0.4, -0.2) is 41.6 Å². The van der Waals surface area contributed by atoms with Crippen molar-refractivity contribution in [1.82, 2.24) is 9.88 Å². The van der Waals surface area contributed by atoms with Gasteiger partial charge in [-0.25, -0.2) is 9.78 Å². The van der Waals surface area contributed by atoms with Crippen LogP contribution in [0.15, 0.2) is 60.8 Å².